The molecule has 1 aliphatic rings. The maximum absolute atomic E-state index is 12.1. The molecule has 0 bridgehead atoms. The zero-order valence-corrected chi connectivity index (χ0v) is 13.5. The van der Waals surface area contributed by atoms with E-state index >= 15 is 0 Å². The number of ether oxygens (including phenoxy) is 1. The molecule has 5 heteroatoms. The average molecular weight is 340 g/mol. The number of rotatable bonds is 2. The van der Waals surface area contributed by atoms with Crippen LogP contribution in [0.5, 0.6) is 0 Å². The van der Waals surface area contributed by atoms with E-state index in [1.54, 1.807) is 17.0 Å². The fourth-order valence-corrected chi connectivity index (χ4v) is 2.59. The van der Waals surface area contributed by atoms with E-state index in [4.69, 9.17) is 4.74 Å². The van der Waals surface area contributed by atoms with Crippen LogP contribution in [0.1, 0.15) is 44.0 Å². The molecule has 0 aromatic heterocycles. The third-order valence-corrected chi connectivity index (χ3v) is 3.36. The van der Waals surface area contributed by atoms with Gasteiger partial charge in [-0.05, 0) is 45.4 Å². The van der Waals surface area contributed by atoms with E-state index in [0.717, 1.165) is 16.6 Å². The van der Waals surface area contributed by atoms with Gasteiger partial charge >= 0.3 is 5.97 Å². The molecule has 1 aromatic rings. The highest BCUT2D eigenvalue weighted by Gasteiger charge is 2.24. The second kappa shape index (κ2) is 5.56. The van der Waals surface area contributed by atoms with Gasteiger partial charge in [-0.3, -0.25) is 4.79 Å². The summed E-state index contributed by atoms with van der Waals surface area (Å²) in [4.78, 5) is 25.6. The van der Waals surface area contributed by atoms with Gasteiger partial charge in [-0.1, -0.05) is 15.9 Å². The lowest BCUT2D eigenvalue weighted by Crippen LogP contribution is -2.25. The molecule has 1 saturated heterocycles. The van der Waals surface area contributed by atoms with Gasteiger partial charge in [0.1, 0.15) is 5.60 Å². The minimum absolute atomic E-state index is 0.0956. The number of anilines is 1. The number of carbonyl (C=O) groups is 2. The lowest BCUT2D eigenvalue weighted by Gasteiger charge is -2.21. The molecule has 4 nitrogen and oxygen atoms in total. The Morgan fingerprint density at radius 2 is 2.00 bits per heavy atom. The number of benzene rings is 1. The molecule has 1 fully saturated rings. The van der Waals surface area contributed by atoms with Gasteiger partial charge in [-0.25, -0.2) is 4.79 Å². The second-order valence-electron chi connectivity index (χ2n) is 5.85. The highest BCUT2D eigenvalue weighted by atomic mass is 79.9. The third kappa shape index (κ3) is 3.60. The van der Waals surface area contributed by atoms with Crippen molar-refractivity contribution >= 4 is 33.5 Å². The number of hydrogen-bond acceptors (Lipinski definition) is 3. The Hall–Kier alpha value is -1.36. The quantitative estimate of drug-likeness (QED) is 0.774. The zero-order valence-electron chi connectivity index (χ0n) is 11.9. The van der Waals surface area contributed by atoms with Crippen LogP contribution in [0.2, 0.25) is 0 Å². The molecule has 1 amide bonds. The van der Waals surface area contributed by atoms with E-state index in [9.17, 15) is 9.59 Å². The molecular weight excluding hydrogens is 322 g/mol. The molecule has 0 aliphatic carbocycles. The Balaban J connectivity index is 2.29. The smallest absolute Gasteiger partial charge is 0.338 e. The molecule has 2 rings (SSSR count). The summed E-state index contributed by atoms with van der Waals surface area (Å²) in [6, 6.07) is 5.26. The van der Waals surface area contributed by atoms with Gasteiger partial charge in [0.05, 0.1) is 5.56 Å². The van der Waals surface area contributed by atoms with Gasteiger partial charge in [0, 0.05) is 23.1 Å². The van der Waals surface area contributed by atoms with E-state index in [2.05, 4.69) is 15.9 Å². The van der Waals surface area contributed by atoms with Gasteiger partial charge in [-0.15, -0.1) is 0 Å². The van der Waals surface area contributed by atoms with Crippen molar-refractivity contribution in [2.45, 2.75) is 39.2 Å². The molecule has 20 heavy (non-hydrogen) atoms. The lowest BCUT2D eigenvalue weighted by molar-refractivity contribution is -0.117. The third-order valence-electron chi connectivity index (χ3n) is 2.90. The Kier molecular flexibility index (Phi) is 4.18. The van der Waals surface area contributed by atoms with E-state index in [0.29, 0.717) is 18.5 Å². The molecule has 1 heterocycles. The lowest BCUT2D eigenvalue weighted by atomic mass is 10.1. The van der Waals surface area contributed by atoms with Crippen molar-refractivity contribution in [3.63, 3.8) is 0 Å². The fraction of sp³-hybridized carbons (Fsp3) is 0.467. The van der Waals surface area contributed by atoms with Crippen LogP contribution in [0.25, 0.3) is 0 Å². The van der Waals surface area contributed by atoms with Gasteiger partial charge in [0.25, 0.3) is 0 Å². The highest BCUT2D eigenvalue weighted by molar-refractivity contribution is 9.10. The predicted molar refractivity (Wildman–Crippen MR) is 80.9 cm³/mol. The van der Waals surface area contributed by atoms with Crippen molar-refractivity contribution in [3.05, 3.63) is 28.2 Å². The maximum atomic E-state index is 12.1. The standard InChI is InChI=1S/C15H18BrNO3/c1-15(2,3)20-14(19)10-7-11(16)9-12(8-10)17-6-4-5-13(17)18/h7-9H,4-6H2,1-3H3. The number of hydrogen-bond donors (Lipinski definition) is 0. The Labute approximate surface area is 127 Å². The molecule has 0 saturated carbocycles. The van der Waals surface area contributed by atoms with Crippen molar-refractivity contribution in [2.24, 2.45) is 0 Å². The van der Waals surface area contributed by atoms with Crippen molar-refractivity contribution in [1.82, 2.24) is 0 Å². The summed E-state index contributed by atoms with van der Waals surface area (Å²) in [6.07, 6.45) is 1.42. The summed E-state index contributed by atoms with van der Waals surface area (Å²) in [6.45, 7) is 6.18. The Morgan fingerprint density at radius 3 is 2.55 bits per heavy atom. The number of esters is 1. The van der Waals surface area contributed by atoms with Crippen LogP contribution in [0.15, 0.2) is 22.7 Å². The van der Waals surface area contributed by atoms with Gasteiger partial charge < -0.3 is 9.64 Å². The van der Waals surface area contributed by atoms with Crippen molar-refractivity contribution < 1.29 is 14.3 Å². The summed E-state index contributed by atoms with van der Waals surface area (Å²) in [5.41, 5.74) is 0.648. The van der Waals surface area contributed by atoms with E-state index in [-0.39, 0.29) is 11.9 Å². The molecule has 1 aliphatic heterocycles. The minimum atomic E-state index is -0.539. The molecule has 108 valence electrons. The van der Waals surface area contributed by atoms with E-state index < -0.39 is 5.60 Å². The molecule has 0 spiro atoms. The Bertz CT molecular complexity index is 549. The van der Waals surface area contributed by atoms with Gasteiger partial charge in [-0.2, -0.15) is 0 Å². The summed E-state index contributed by atoms with van der Waals surface area (Å²) in [7, 11) is 0. The summed E-state index contributed by atoms with van der Waals surface area (Å²) in [5.74, 6) is -0.287. The number of nitrogens with zero attached hydrogens (tertiary/aromatic N) is 1. The normalized spacial score (nSPS) is 15.6. The van der Waals surface area contributed by atoms with Gasteiger partial charge in [0.2, 0.25) is 5.91 Å². The molecule has 0 atom stereocenters. The van der Waals surface area contributed by atoms with Crippen LogP contribution in [-0.4, -0.2) is 24.0 Å². The summed E-state index contributed by atoms with van der Waals surface area (Å²) >= 11 is 3.38. The number of halogens is 1. The highest BCUT2D eigenvalue weighted by Crippen LogP contribution is 2.27. The van der Waals surface area contributed by atoms with Crippen molar-refractivity contribution in [2.75, 3.05) is 11.4 Å². The summed E-state index contributed by atoms with van der Waals surface area (Å²) in [5, 5.41) is 0. The largest absolute Gasteiger partial charge is 0.456 e. The molecule has 0 radical (unpaired) electrons. The van der Waals surface area contributed by atoms with Crippen LogP contribution >= 0.6 is 15.9 Å². The van der Waals surface area contributed by atoms with E-state index in [1.807, 2.05) is 26.8 Å². The number of amides is 1. The molecular formula is C15H18BrNO3. The van der Waals surface area contributed by atoms with Gasteiger partial charge in [0.15, 0.2) is 0 Å². The van der Waals surface area contributed by atoms with Crippen LogP contribution in [-0.2, 0) is 9.53 Å². The molecule has 0 N–H and O–H groups in total. The average Bonchev–Trinajstić information content (AvgIpc) is 2.72. The molecule has 1 aromatic carbocycles. The zero-order chi connectivity index (χ0) is 14.9. The second-order valence-corrected chi connectivity index (χ2v) is 6.76. The minimum Gasteiger partial charge on any atom is -0.456 e. The summed E-state index contributed by atoms with van der Waals surface area (Å²) < 4.78 is 6.12. The maximum Gasteiger partial charge on any atom is 0.338 e. The van der Waals surface area contributed by atoms with Crippen LogP contribution in [0.3, 0.4) is 0 Å². The van der Waals surface area contributed by atoms with Crippen LogP contribution < -0.4 is 4.90 Å². The molecule has 0 unspecified atom stereocenters. The predicted octanol–water partition coefficient (Wildman–Crippen LogP) is 3.53. The first-order chi connectivity index (χ1) is 9.26. The van der Waals surface area contributed by atoms with Crippen molar-refractivity contribution in [3.8, 4) is 0 Å². The first kappa shape index (κ1) is 15.0. The first-order valence-electron chi connectivity index (χ1n) is 6.60. The topological polar surface area (TPSA) is 46.6 Å². The first-order valence-corrected chi connectivity index (χ1v) is 7.40. The van der Waals surface area contributed by atoms with Crippen molar-refractivity contribution in [1.29, 1.82) is 0 Å². The number of carbonyl (C=O) groups excluding carboxylic acids is 2. The fourth-order valence-electron chi connectivity index (χ4n) is 2.11. The van der Waals surface area contributed by atoms with E-state index in [1.165, 1.54) is 0 Å². The monoisotopic (exact) mass is 339 g/mol. The van der Waals surface area contributed by atoms with Crippen LogP contribution in [0.4, 0.5) is 5.69 Å². The van der Waals surface area contributed by atoms with Crippen LogP contribution in [0, 0.1) is 0 Å². The SMILES string of the molecule is CC(C)(C)OC(=O)c1cc(Br)cc(N2CCCC2=O)c1. The Morgan fingerprint density at radius 1 is 1.30 bits per heavy atom.